The molecule has 142 valence electrons. The summed E-state index contributed by atoms with van der Waals surface area (Å²) in [4.78, 5) is 31.3. The molecule has 0 spiro atoms. The number of benzene rings is 1. The van der Waals surface area contributed by atoms with Crippen LogP contribution in [0.15, 0.2) is 53.0 Å². The van der Waals surface area contributed by atoms with Gasteiger partial charge in [-0.25, -0.2) is 15.4 Å². The molecule has 2 aromatic rings. The van der Waals surface area contributed by atoms with Gasteiger partial charge in [0.15, 0.2) is 11.8 Å². The second-order valence-corrected chi connectivity index (χ2v) is 6.64. The van der Waals surface area contributed by atoms with E-state index >= 15 is 0 Å². The van der Waals surface area contributed by atoms with Gasteiger partial charge in [-0.15, -0.1) is 0 Å². The average Bonchev–Trinajstić information content (AvgIpc) is 2.66. The van der Waals surface area contributed by atoms with Crippen LogP contribution in [0.25, 0.3) is 0 Å². The van der Waals surface area contributed by atoms with Crippen LogP contribution in [0.4, 0.5) is 0 Å². The van der Waals surface area contributed by atoms with Crippen LogP contribution < -0.4 is 15.5 Å². The number of nitrogens with zero attached hydrogens (tertiary/aromatic N) is 3. The molecular formula is C18H21N5O3S. The van der Waals surface area contributed by atoms with Crippen LogP contribution in [0.1, 0.15) is 19.4 Å². The smallest absolute Gasteiger partial charge is 0.258 e. The summed E-state index contributed by atoms with van der Waals surface area (Å²) in [5.74, 6) is 0.332. The molecular weight excluding hydrogens is 366 g/mol. The van der Waals surface area contributed by atoms with E-state index in [1.807, 2.05) is 13.8 Å². The summed E-state index contributed by atoms with van der Waals surface area (Å²) in [6.07, 6.45) is 4.77. The molecule has 0 saturated heterocycles. The summed E-state index contributed by atoms with van der Waals surface area (Å²) in [5, 5.41) is 7.19. The first-order chi connectivity index (χ1) is 13.0. The minimum Gasteiger partial charge on any atom is -0.484 e. The van der Waals surface area contributed by atoms with Gasteiger partial charge in [0, 0.05) is 18.4 Å². The molecule has 1 aromatic carbocycles. The second-order valence-electron chi connectivity index (χ2n) is 5.69. The SMILES string of the molecule is CC(C)NC(=O)COc1ccc(/C=N\NC(=O)CSc2ncccn2)cc1. The molecule has 0 fully saturated rings. The van der Waals surface area contributed by atoms with E-state index in [-0.39, 0.29) is 30.2 Å². The zero-order valence-electron chi connectivity index (χ0n) is 15.1. The van der Waals surface area contributed by atoms with Crippen molar-refractivity contribution in [2.24, 2.45) is 5.10 Å². The van der Waals surface area contributed by atoms with E-state index in [0.717, 1.165) is 5.56 Å². The van der Waals surface area contributed by atoms with Gasteiger partial charge in [0.1, 0.15) is 5.75 Å². The highest BCUT2D eigenvalue weighted by atomic mass is 32.2. The summed E-state index contributed by atoms with van der Waals surface area (Å²) in [7, 11) is 0. The number of carbonyl (C=O) groups is 2. The van der Waals surface area contributed by atoms with E-state index < -0.39 is 0 Å². The number of hydrogen-bond acceptors (Lipinski definition) is 7. The van der Waals surface area contributed by atoms with Crippen molar-refractivity contribution in [2.75, 3.05) is 12.4 Å². The number of thioether (sulfide) groups is 1. The Labute approximate surface area is 161 Å². The Hall–Kier alpha value is -2.94. The lowest BCUT2D eigenvalue weighted by molar-refractivity contribution is -0.123. The number of hydrazone groups is 1. The number of amides is 2. The van der Waals surface area contributed by atoms with Gasteiger partial charge >= 0.3 is 0 Å². The van der Waals surface area contributed by atoms with Crippen LogP contribution in [-0.4, -0.2) is 46.4 Å². The molecule has 2 N–H and O–H groups in total. The lowest BCUT2D eigenvalue weighted by Gasteiger charge is -2.09. The number of aromatic nitrogens is 2. The highest BCUT2D eigenvalue weighted by molar-refractivity contribution is 7.99. The molecule has 1 heterocycles. The van der Waals surface area contributed by atoms with Crippen LogP contribution in [-0.2, 0) is 9.59 Å². The number of rotatable bonds is 9. The minimum atomic E-state index is -0.250. The van der Waals surface area contributed by atoms with Gasteiger partial charge in [0.05, 0.1) is 12.0 Å². The largest absolute Gasteiger partial charge is 0.484 e. The van der Waals surface area contributed by atoms with Gasteiger partial charge in [-0.2, -0.15) is 5.10 Å². The first-order valence-corrected chi connectivity index (χ1v) is 9.25. The maximum atomic E-state index is 11.7. The van der Waals surface area contributed by atoms with E-state index in [2.05, 4.69) is 25.8 Å². The molecule has 1 aromatic heterocycles. The second kappa shape index (κ2) is 10.9. The zero-order chi connectivity index (χ0) is 19.5. The van der Waals surface area contributed by atoms with E-state index in [1.54, 1.807) is 42.7 Å². The Morgan fingerprint density at radius 2 is 1.89 bits per heavy atom. The Kier molecular flexibility index (Phi) is 8.24. The normalized spacial score (nSPS) is 10.8. The van der Waals surface area contributed by atoms with E-state index in [0.29, 0.717) is 10.9 Å². The highest BCUT2D eigenvalue weighted by Crippen LogP contribution is 2.11. The fraction of sp³-hybridized carbons (Fsp3) is 0.278. The fourth-order valence-electron chi connectivity index (χ4n) is 1.86. The van der Waals surface area contributed by atoms with Crippen molar-refractivity contribution in [3.8, 4) is 5.75 Å². The monoisotopic (exact) mass is 387 g/mol. The summed E-state index contributed by atoms with van der Waals surface area (Å²) < 4.78 is 5.40. The Morgan fingerprint density at radius 1 is 1.19 bits per heavy atom. The first-order valence-electron chi connectivity index (χ1n) is 8.27. The Balaban J connectivity index is 1.72. The molecule has 27 heavy (non-hydrogen) atoms. The van der Waals surface area contributed by atoms with Crippen molar-refractivity contribution >= 4 is 29.8 Å². The van der Waals surface area contributed by atoms with Crippen LogP contribution >= 0.6 is 11.8 Å². The number of carbonyl (C=O) groups excluding carboxylic acids is 2. The fourth-order valence-corrected chi connectivity index (χ4v) is 2.46. The van der Waals surface area contributed by atoms with Crippen LogP contribution in [0.3, 0.4) is 0 Å². The summed E-state index contributed by atoms with van der Waals surface area (Å²) in [6.45, 7) is 3.74. The highest BCUT2D eigenvalue weighted by Gasteiger charge is 2.04. The van der Waals surface area contributed by atoms with Crippen LogP contribution in [0, 0.1) is 0 Å². The maximum absolute atomic E-state index is 11.7. The van der Waals surface area contributed by atoms with Crippen molar-refractivity contribution in [3.05, 3.63) is 48.3 Å². The number of nitrogens with one attached hydrogen (secondary N) is 2. The van der Waals surface area contributed by atoms with E-state index in [1.165, 1.54) is 18.0 Å². The van der Waals surface area contributed by atoms with Gasteiger partial charge in [-0.1, -0.05) is 11.8 Å². The topological polar surface area (TPSA) is 106 Å². The third-order valence-corrected chi connectivity index (χ3v) is 3.85. The molecule has 0 unspecified atom stereocenters. The summed E-state index contributed by atoms with van der Waals surface area (Å²) in [6, 6.07) is 8.80. The lowest BCUT2D eigenvalue weighted by atomic mass is 10.2. The third-order valence-electron chi connectivity index (χ3n) is 2.98. The number of hydrogen-bond donors (Lipinski definition) is 2. The molecule has 2 amide bonds. The number of ether oxygens (including phenoxy) is 1. The third kappa shape index (κ3) is 8.32. The molecule has 0 bridgehead atoms. The summed E-state index contributed by atoms with van der Waals surface area (Å²) in [5.41, 5.74) is 3.23. The molecule has 0 aliphatic carbocycles. The zero-order valence-corrected chi connectivity index (χ0v) is 15.9. The van der Waals surface area contributed by atoms with Gasteiger partial charge in [-0.05, 0) is 49.7 Å². The van der Waals surface area contributed by atoms with Gasteiger partial charge in [0.25, 0.3) is 11.8 Å². The van der Waals surface area contributed by atoms with Gasteiger partial charge in [-0.3, -0.25) is 9.59 Å². The van der Waals surface area contributed by atoms with Crippen LogP contribution in [0.5, 0.6) is 5.75 Å². The molecule has 0 radical (unpaired) electrons. The summed E-state index contributed by atoms with van der Waals surface area (Å²) >= 11 is 1.23. The predicted molar refractivity (Wildman–Crippen MR) is 104 cm³/mol. The average molecular weight is 387 g/mol. The molecule has 0 aliphatic rings. The van der Waals surface area contributed by atoms with Crippen molar-refractivity contribution in [1.29, 1.82) is 0 Å². The van der Waals surface area contributed by atoms with Crippen molar-refractivity contribution in [3.63, 3.8) is 0 Å². The lowest BCUT2D eigenvalue weighted by Crippen LogP contribution is -2.34. The Bertz CT molecular complexity index is 766. The minimum absolute atomic E-state index is 0.0372. The van der Waals surface area contributed by atoms with Crippen LogP contribution in [0.2, 0.25) is 0 Å². The molecule has 8 nitrogen and oxygen atoms in total. The standard InChI is InChI=1S/C18H21N5O3S/c1-13(2)22-16(24)11-26-15-6-4-14(5-7-15)10-21-23-17(25)12-27-18-19-8-3-9-20-18/h3-10,13H,11-12H2,1-2H3,(H,22,24)(H,23,25)/b21-10-. The van der Waals surface area contributed by atoms with Gasteiger partial charge in [0.2, 0.25) is 0 Å². The quantitative estimate of drug-likeness (QED) is 0.293. The molecule has 9 heteroatoms. The van der Waals surface area contributed by atoms with Crippen molar-refractivity contribution in [1.82, 2.24) is 20.7 Å². The van der Waals surface area contributed by atoms with Crippen molar-refractivity contribution < 1.29 is 14.3 Å². The van der Waals surface area contributed by atoms with E-state index in [4.69, 9.17) is 4.74 Å². The van der Waals surface area contributed by atoms with E-state index in [9.17, 15) is 9.59 Å². The molecule has 0 atom stereocenters. The molecule has 0 aliphatic heterocycles. The van der Waals surface area contributed by atoms with Gasteiger partial charge < -0.3 is 10.1 Å². The maximum Gasteiger partial charge on any atom is 0.258 e. The Morgan fingerprint density at radius 3 is 2.56 bits per heavy atom. The predicted octanol–water partition coefficient (Wildman–Crippen LogP) is 1.62. The molecule has 2 rings (SSSR count). The first kappa shape index (κ1) is 20.4. The molecule has 0 saturated carbocycles. The van der Waals surface area contributed by atoms with Crippen molar-refractivity contribution in [2.45, 2.75) is 25.0 Å².